The van der Waals surface area contributed by atoms with Gasteiger partial charge in [0.15, 0.2) is 0 Å². The van der Waals surface area contributed by atoms with Gasteiger partial charge >= 0.3 is 23.8 Å². The average molecular weight is 350 g/mol. The fourth-order valence-corrected chi connectivity index (χ4v) is 1.30. The first-order valence-electron chi connectivity index (χ1n) is 6.90. The van der Waals surface area contributed by atoms with Gasteiger partial charge in [0.1, 0.15) is 19.8 Å². The van der Waals surface area contributed by atoms with E-state index in [4.69, 9.17) is 9.47 Å². The molecule has 0 saturated carbocycles. The number of hydrogen-bond donors (Lipinski definition) is 1. The van der Waals surface area contributed by atoms with E-state index < -0.39 is 62.1 Å². The highest BCUT2D eigenvalue weighted by atomic mass is 19.3. The Kier molecular flexibility index (Phi) is 8.83. The van der Waals surface area contributed by atoms with Crippen LogP contribution in [0.15, 0.2) is 25.3 Å². The smallest absolute Gasteiger partial charge is 0.376 e. The van der Waals surface area contributed by atoms with E-state index in [1.807, 2.05) is 0 Å². The molecule has 136 valence electrons. The van der Waals surface area contributed by atoms with Gasteiger partial charge in [0.2, 0.25) is 0 Å². The third kappa shape index (κ3) is 6.86. The predicted octanol–water partition coefficient (Wildman–Crippen LogP) is 1.01. The molecule has 0 fully saturated rings. The van der Waals surface area contributed by atoms with E-state index in [1.165, 1.54) is 0 Å². The molecule has 0 aromatic rings. The van der Waals surface area contributed by atoms with Gasteiger partial charge < -0.3 is 19.3 Å². The fourth-order valence-electron chi connectivity index (χ4n) is 1.30. The Morgan fingerprint density at radius 2 is 1.42 bits per heavy atom. The molecule has 0 aliphatic rings. The van der Waals surface area contributed by atoms with Crippen molar-refractivity contribution in [2.24, 2.45) is 5.41 Å². The average Bonchev–Trinajstić information content (AvgIpc) is 2.60. The highest BCUT2D eigenvalue weighted by Crippen LogP contribution is 2.24. The van der Waals surface area contributed by atoms with Crippen LogP contribution < -0.4 is 0 Å². The van der Waals surface area contributed by atoms with E-state index in [9.17, 15) is 28.3 Å². The van der Waals surface area contributed by atoms with Crippen LogP contribution in [0.4, 0.5) is 8.78 Å². The molecule has 0 unspecified atom stereocenters. The molecule has 0 heterocycles. The van der Waals surface area contributed by atoms with Crippen LogP contribution in [0, 0.1) is 5.41 Å². The quantitative estimate of drug-likeness (QED) is 0.337. The summed E-state index contributed by atoms with van der Waals surface area (Å²) in [6.45, 7) is 4.81. The highest BCUT2D eigenvalue weighted by Gasteiger charge is 2.42. The van der Waals surface area contributed by atoms with E-state index in [-0.39, 0.29) is 0 Å². The summed E-state index contributed by atoms with van der Waals surface area (Å²) in [6, 6.07) is 0. The molecular weight excluding hydrogens is 330 g/mol. The van der Waals surface area contributed by atoms with Crippen molar-refractivity contribution in [1.29, 1.82) is 0 Å². The molecule has 1 N–H and O–H groups in total. The lowest BCUT2D eigenvalue weighted by atomic mass is 9.92. The van der Waals surface area contributed by atoms with Gasteiger partial charge in [-0.2, -0.15) is 8.78 Å². The van der Waals surface area contributed by atoms with E-state index >= 15 is 0 Å². The number of aliphatic hydroxyl groups is 1. The minimum atomic E-state index is -3.70. The Hall–Kier alpha value is -2.29. The SMILES string of the molecule is C=CC(=O)OCC(CO)(COC(=O)C=C)COC(=O)C(F)(F)CC. The topological polar surface area (TPSA) is 99.1 Å². The van der Waals surface area contributed by atoms with Gasteiger partial charge in [-0.25, -0.2) is 14.4 Å². The molecule has 0 amide bonds. The first-order valence-corrected chi connectivity index (χ1v) is 6.90. The van der Waals surface area contributed by atoms with Crippen LogP contribution in [0.5, 0.6) is 0 Å². The molecule has 0 bridgehead atoms. The van der Waals surface area contributed by atoms with Gasteiger partial charge in [0.25, 0.3) is 0 Å². The van der Waals surface area contributed by atoms with E-state index in [0.717, 1.165) is 19.1 Å². The number of alkyl halides is 2. The van der Waals surface area contributed by atoms with Crippen LogP contribution >= 0.6 is 0 Å². The van der Waals surface area contributed by atoms with Crippen LogP contribution in [0.3, 0.4) is 0 Å². The summed E-state index contributed by atoms with van der Waals surface area (Å²) >= 11 is 0. The zero-order valence-electron chi connectivity index (χ0n) is 13.3. The second-order valence-electron chi connectivity index (χ2n) is 4.92. The normalized spacial score (nSPS) is 11.3. The van der Waals surface area contributed by atoms with Crippen LogP contribution in [0.2, 0.25) is 0 Å². The number of halogens is 2. The summed E-state index contributed by atoms with van der Waals surface area (Å²) in [5, 5.41) is 9.51. The minimum Gasteiger partial charge on any atom is -0.462 e. The van der Waals surface area contributed by atoms with Crippen molar-refractivity contribution in [2.75, 3.05) is 26.4 Å². The first-order chi connectivity index (χ1) is 11.2. The molecule has 0 saturated heterocycles. The second-order valence-corrected chi connectivity index (χ2v) is 4.92. The molecule has 0 aliphatic heterocycles. The van der Waals surface area contributed by atoms with Crippen LogP contribution in [0.25, 0.3) is 0 Å². The van der Waals surface area contributed by atoms with Crippen molar-refractivity contribution in [1.82, 2.24) is 0 Å². The number of carbonyl (C=O) groups excluding carboxylic acids is 3. The maximum Gasteiger partial charge on any atom is 0.376 e. The highest BCUT2D eigenvalue weighted by molar-refractivity contribution is 5.81. The van der Waals surface area contributed by atoms with Crippen LogP contribution in [-0.2, 0) is 28.6 Å². The molecule has 0 aliphatic carbocycles. The number of hydrogen-bond acceptors (Lipinski definition) is 7. The molecular formula is C15H20F2O7. The van der Waals surface area contributed by atoms with Gasteiger partial charge in [0.05, 0.1) is 12.0 Å². The van der Waals surface area contributed by atoms with Gasteiger partial charge in [-0.1, -0.05) is 20.1 Å². The summed E-state index contributed by atoms with van der Waals surface area (Å²) in [5.74, 6) is -7.20. The number of ether oxygens (including phenoxy) is 3. The second kappa shape index (κ2) is 9.76. The third-order valence-electron chi connectivity index (χ3n) is 2.96. The van der Waals surface area contributed by atoms with Crippen molar-refractivity contribution in [2.45, 2.75) is 19.3 Å². The van der Waals surface area contributed by atoms with Gasteiger partial charge in [-0.05, 0) is 0 Å². The third-order valence-corrected chi connectivity index (χ3v) is 2.96. The predicted molar refractivity (Wildman–Crippen MR) is 78.0 cm³/mol. The summed E-state index contributed by atoms with van der Waals surface area (Å²) in [6.07, 6.45) is 0.916. The molecule has 24 heavy (non-hydrogen) atoms. The molecule has 0 atom stereocenters. The summed E-state index contributed by atoms with van der Waals surface area (Å²) < 4.78 is 40.4. The van der Waals surface area contributed by atoms with Gasteiger partial charge in [-0.15, -0.1) is 0 Å². The Balaban J connectivity index is 5.08. The Morgan fingerprint density at radius 3 is 1.75 bits per heavy atom. The lowest BCUT2D eigenvalue weighted by Crippen LogP contribution is -2.44. The zero-order valence-corrected chi connectivity index (χ0v) is 13.3. The monoisotopic (exact) mass is 350 g/mol. The summed E-state index contributed by atoms with van der Waals surface area (Å²) in [5.41, 5.74) is -1.60. The summed E-state index contributed by atoms with van der Waals surface area (Å²) in [4.78, 5) is 33.6. The maximum atomic E-state index is 13.2. The van der Waals surface area contributed by atoms with Crippen LogP contribution in [-0.4, -0.2) is 55.4 Å². The van der Waals surface area contributed by atoms with Crippen molar-refractivity contribution in [3.8, 4) is 0 Å². The Morgan fingerprint density at radius 1 is 1.00 bits per heavy atom. The number of carbonyl (C=O) groups is 3. The molecule has 0 rings (SSSR count). The molecule has 7 nitrogen and oxygen atoms in total. The fraction of sp³-hybridized carbons (Fsp3) is 0.533. The lowest BCUT2D eigenvalue weighted by Gasteiger charge is -2.30. The maximum absolute atomic E-state index is 13.2. The van der Waals surface area contributed by atoms with Gasteiger partial charge in [-0.3, -0.25) is 0 Å². The number of esters is 3. The van der Waals surface area contributed by atoms with Crippen molar-refractivity contribution >= 4 is 17.9 Å². The first kappa shape index (κ1) is 21.7. The van der Waals surface area contributed by atoms with E-state index in [1.54, 1.807) is 0 Å². The number of aliphatic hydroxyl groups excluding tert-OH is 1. The van der Waals surface area contributed by atoms with Crippen molar-refractivity contribution in [3.63, 3.8) is 0 Å². The minimum absolute atomic E-state index is 0.552. The van der Waals surface area contributed by atoms with Crippen molar-refractivity contribution in [3.05, 3.63) is 25.3 Å². The standard InChI is InChI=1S/C15H20F2O7/c1-4-11(19)22-8-14(7-18,9-23-12(20)5-2)10-24-13(21)15(16,17)6-3/h4-5,18H,1-2,6-10H2,3H3. The molecule has 9 heteroatoms. The van der Waals surface area contributed by atoms with E-state index in [0.29, 0.717) is 0 Å². The Labute approximate surface area is 137 Å². The van der Waals surface area contributed by atoms with Crippen molar-refractivity contribution < 1.29 is 42.5 Å². The molecule has 0 radical (unpaired) electrons. The zero-order chi connectivity index (χ0) is 18.8. The lowest BCUT2D eigenvalue weighted by molar-refractivity contribution is -0.181. The molecule has 0 aromatic carbocycles. The summed E-state index contributed by atoms with van der Waals surface area (Å²) in [7, 11) is 0. The number of rotatable bonds is 11. The van der Waals surface area contributed by atoms with Crippen LogP contribution in [0.1, 0.15) is 13.3 Å². The Bertz CT molecular complexity index is 464. The molecule has 0 aromatic heterocycles. The molecule has 0 spiro atoms. The van der Waals surface area contributed by atoms with E-state index in [2.05, 4.69) is 17.9 Å². The largest absolute Gasteiger partial charge is 0.462 e. The van der Waals surface area contributed by atoms with Gasteiger partial charge in [0, 0.05) is 18.6 Å².